The molecule has 2 rings (SSSR count). The number of nitrogens with two attached hydrogens (primary N) is 1. The molecule has 5 nitrogen and oxygen atoms in total. The molecular formula is C12H19N5S. The van der Waals surface area contributed by atoms with Gasteiger partial charge in [-0.2, -0.15) is 4.98 Å². The first-order chi connectivity index (χ1) is 8.56. The highest BCUT2D eigenvalue weighted by Gasteiger charge is 2.17. The number of hydrogen-bond donors (Lipinski definition) is 2. The van der Waals surface area contributed by atoms with Gasteiger partial charge in [-0.1, -0.05) is 0 Å². The standard InChI is InChI=1S/C12H19N5S/c1-5-17(7(2)3)10-9-6-8(4)18-11(9)15-12(14-10)16-13/h6-7H,5,13H2,1-4H3,(H,14,15,16). The number of hydrogen-bond acceptors (Lipinski definition) is 6. The normalized spacial score (nSPS) is 11.2. The van der Waals surface area contributed by atoms with Crippen molar-refractivity contribution in [3.8, 4) is 0 Å². The van der Waals surface area contributed by atoms with Gasteiger partial charge in [0.1, 0.15) is 10.6 Å². The molecule has 3 N–H and O–H groups in total. The predicted octanol–water partition coefficient (Wildman–Crippen LogP) is 2.52. The molecule has 6 heteroatoms. The number of anilines is 2. The summed E-state index contributed by atoms with van der Waals surface area (Å²) in [6.07, 6.45) is 0. The van der Waals surface area contributed by atoms with E-state index in [4.69, 9.17) is 5.84 Å². The van der Waals surface area contributed by atoms with Crippen LogP contribution in [0.5, 0.6) is 0 Å². The smallest absolute Gasteiger partial charge is 0.240 e. The van der Waals surface area contributed by atoms with Crippen molar-refractivity contribution in [2.75, 3.05) is 16.9 Å². The molecule has 2 aromatic heterocycles. The lowest BCUT2D eigenvalue weighted by Crippen LogP contribution is -2.31. The van der Waals surface area contributed by atoms with Crippen LogP contribution in [0.25, 0.3) is 10.2 Å². The molecule has 0 aliphatic heterocycles. The van der Waals surface area contributed by atoms with Crippen LogP contribution in [0.15, 0.2) is 6.07 Å². The Hall–Kier alpha value is -1.40. The van der Waals surface area contributed by atoms with Crippen molar-refractivity contribution in [1.29, 1.82) is 0 Å². The highest BCUT2D eigenvalue weighted by molar-refractivity contribution is 7.18. The highest BCUT2D eigenvalue weighted by Crippen LogP contribution is 2.32. The predicted molar refractivity (Wildman–Crippen MR) is 78.1 cm³/mol. The minimum Gasteiger partial charge on any atom is -0.354 e. The fourth-order valence-electron chi connectivity index (χ4n) is 2.07. The van der Waals surface area contributed by atoms with Crippen LogP contribution >= 0.6 is 11.3 Å². The van der Waals surface area contributed by atoms with Crippen LogP contribution < -0.4 is 16.2 Å². The monoisotopic (exact) mass is 265 g/mol. The van der Waals surface area contributed by atoms with Gasteiger partial charge in [0.05, 0.1) is 5.39 Å². The molecule has 0 amide bonds. The summed E-state index contributed by atoms with van der Waals surface area (Å²) in [6.45, 7) is 9.43. The van der Waals surface area contributed by atoms with Crippen molar-refractivity contribution in [2.24, 2.45) is 5.84 Å². The van der Waals surface area contributed by atoms with Crippen LogP contribution in [-0.2, 0) is 0 Å². The summed E-state index contributed by atoms with van der Waals surface area (Å²) in [7, 11) is 0. The van der Waals surface area contributed by atoms with Gasteiger partial charge >= 0.3 is 0 Å². The van der Waals surface area contributed by atoms with Crippen molar-refractivity contribution in [3.63, 3.8) is 0 Å². The van der Waals surface area contributed by atoms with Crippen LogP contribution in [0, 0.1) is 6.92 Å². The summed E-state index contributed by atoms with van der Waals surface area (Å²) < 4.78 is 0. The van der Waals surface area contributed by atoms with Crippen molar-refractivity contribution in [3.05, 3.63) is 10.9 Å². The highest BCUT2D eigenvalue weighted by atomic mass is 32.1. The number of nitrogens with one attached hydrogen (secondary N) is 1. The van der Waals surface area contributed by atoms with E-state index >= 15 is 0 Å². The molecule has 0 saturated carbocycles. The Labute approximate surface area is 111 Å². The number of nitrogen functional groups attached to an aromatic ring is 1. The lowest BCUT2D eigenvalue weighted by molar-refractivity contribution is 0.696. The van der Waals surface area contributed by atoms with Crippen molar-refractivity contribution in [1.82, 2.24) is 9.97 Å². The Kier molecular flexibility index (Phi) is 3.68. The van der Waals surface area contributed by atoms with Crippen LogP contribution in [0.3, 0.4) is 0 Å². The first kappa shape index (κ1) is 13.0. The molecule has 0 unspecified atom stereocenters. The van der Waals surface area contributed by atoms with Gasteiger partial charge in [-0.05, 0) is 33.8 Å². The van der Waals surface area contributed by atoms with E-state index in [9.17, 15) is 0 Å². The van der Waals surface area contributed by atoms with Gasteiger partial charge in [-0.15, -0.1) is 11.3 Å². The van der Waals surface area contributed by atoms with Crippen LogP contribution in [0.1, 0.15) is 25.6 Å². The fraction of sp³-hybridized carbons (Fsp3) is 0.500. The van der Waals surface area contributed by atoms with E-state index in [0.29, 0.717) is 12.0 Å². The van der Waals surface area contributed by atoms with Crippen molar-refractivity contribution >= 4 is 33.3 Å². The molecule has 0 spiro atoms. The average molecular weight is 265 g/mol. The minimum atomic E-state index is 0.388. The lowest BCUT2D eigenvalue weighted by atomic mass is 10.2. The molecule has 18 heavy (non-hydrogen) atoms. The summed E-state index contributed by atoms with van der Waals surface area (Å²) in [6, 6.07) is 2.53. The molecule has 0 aliphatic rings. The minimum absolute atomic E-state index is 0.388. The van der Waals surface area contributed by atoms with E-state index in [-0.39, 0.29) is 0 Å². The third kappa shape index (κ3) is 2.26. The Bertz CT molecular complexity index is 549. The Morgan fingerprint density at radius 1 is 1.44 bits per heavy atom. The summed E-state index contributed by atoms with van der Waals surface area (Å²) in [5.41, 5.74) is 2.54. The number of thiophene rings is 1. The SMILES string of the molecule is CCN(c1nc(NN)nc2sc(C)cc12)C(C)C. The first-order valence-electron chi connectivity index (χ1n) is 6.08. The molecule has 0 fully saturated rings. The second-order valence-corrected chi connectivity index (χ2v) is 5.71. The number of hydrazine groups is 1. The van der Waals surface area contributed by atoms with Crippen molar-refractivity contribution in [2.45, 2.75) is 33.7 Å². The Morgan fingerprint density at radius 3 is 2.72 bits per heavy atom. The molecular weight excluding hydrogens is 246 g/mol. The molecule has 98 valence electrons. The van der Waals surface area contributed by atoms with E-state index in [1.54, 1.807) is 11.3 Å². The summed E-state index contributed by atoms with van der Waals surface area (Å²) in [4.78, 5) is 13.4. The summed E-state index contributed by atoms with van der Waals surface area (Å²) in [5, 5.41) is 1.10. The van der Waals surface area contributed by atoms with E-state index in [1.807, 2.05) is 0 Å². The van der Waals surface area contributed by atoms with Gasteiger partial charge in [-0.3, -0.25) is 5.43 Å². The van der Waals surface area contributed by atoms with E-state index < -0.39 is 0 Å². The van der Waals surface area contributed by atoms with Gasteiger partial charge in [0, 0.05) is 17.5 Å². The maximum absolute atomic E-state index is 5.45. The number of fused-ring (bicyclic) bond motifs is 1. The van der Waals surface area contributed by atoms with Gasteiger partial charge in [0.2, 0.25) is 5.95 Å². The zero-order valence-electron chi connectivity index (χ0n) is 11.2. The van der Waals surface area contributed by atoms with Gasteiger partial charge in [0.15, 0.2) is 0 Å². The molecule has 0 bridgehead atoms. The lowest BCUT2D eigenvalue weighted by Gasteiger charge is -2.27. The number of nitrogens with zero attached hydrogens (tertiary/aromatic N) is 3. The maximum atomic E-state index is 5.45. The number of aromatic nitrogens is 2. The average Bonchev–Trinajstić information content (AvgIpc) is 2.69. The summed E-state index contributed by atoms with van der Waals surface area (Å²) >= 11 is 1.66. The maximum Gasteiger partial charge on any atom is 0.240 e. The molecule has 0 atom stereocenters. The molecule has 2 heterocycles. The van der Waals surface area contributed by atoms with Crippen LogP contribution in [0.4, 0.5) is 11.8 Å². The zero-order chi connectivity index (χ0) is 13.3. The zero-order valence-corrected chi connectivity index (χ0v) is 12.0. The molecule has 0 radical (unpaired) electrons. The molecule has 0 aliphatic carbocycles. The third-order valence-electron chi connectivity index (χ3n) is 2.86. The quantitative estimate of drug-likeness (QED) is 0.657. The van der Waals surface area contributed by atoms with Gasteiger partial charge < -0.3 is 4.90 Å². The van der Waals surface area contributed by atoms with E-state index in [0.717, 1.165) is 22.6 Å². The number of rotatable bonds is 4. The third-order valence-corrected chi connectivity index (χ3v) is 3.81. The van der Waals surface area contributed by atoms with Gasteiger partial charge in [-0.25, -0.2) is 10.8 Å². The van der Waals surface area contributed by atoms with E-state index in [1.165, 1.54) is 4.88 Å². The van der Waals surface area contributed by atoms with Crippen molar-refractivity contribution < 1.29 is 0 Å². The Morgan fingerprint density at radius 2 is 2.17 bits per heavy atom. The van der Waals surface area contributed by atoms with Crippen LogP contribution in [-0.4, -0.2) is 22.6 Å². The second kappa shape index (κ2) is 5.07. The largest absolute Gasteiger partial charge is 0.354 e. The molecule has 0 aromatic carbocycles. The Balaban J connectivity index is 2.65. The fourth-order valence-corrected chi connectivity index (χ4v) is 2.94. The molecule has 2 aromatic rings. The molecule has 0 saturated heterocycles. The first-order valence-corrected chi connectivity index (χ1v) is 6.90. The second-order valence-electron chi connectivity index (χ2n) is 4.47. The van der Waals surface area contributed by atoms with Crippen LogP contribution in [0.2, 0.25) is 0 Å². The topological polar surface area (TPSA) is 67.1 Å². The number of aryl methyl sites for hydroxylation is 1. The summed E-state index contributed by atoms with van der Waals surface area (Å²) in [5.74, 6) is 6.87. The van der Waals surface area contributed by atoms with E-state index in [2.05, 4.69) is 54.1 Å². The van der Waals surface area contributed by atoms with Gasteiger partial charge in [0.25, 0.3) is 0 Å².